The molecule has 1 aliphatic carbocycles. The van der Waals surface area contributed by atoms with Crippen molar-refractivity contribution in [1.82, 2.24) is 10.6 Å². The number of hydrogen-bond acceptors (Lipinski definition) is 2. The third-order valence-electron chi connectivity index (χ3n) is 4.54. The van der Waals surface area contributed by atoms with Gasteiger partial charge in [0.2, 0.25) is 5.91 Å². The molecule has 0 radical (unpaired) electrons. The minimum absolute atomic E-state index is 0.203. The second-order valence-corrected chi connectivity index (χ2v) is 6.39. The summed E-state index contributed by atoms with van der Waals surface area (Å²) in [5, 5.41) is 6.56. The summed E-state index contributed by atoms with van der Waals surface area (Å²) in [6.07, 6.45) is 5.96. The molecule has 0 bridgehead atoms. The Balaban J connectivity index is 1.77. The first-order valence-corrected chi connectivity index (χ1v) is 7.08. The third-order valence-corrected chi connectivity index (χ3v) is 4.54. The van der Waals surface area contributed by atoms with Crippen molar-refractivity contribution in [3.63, 3.8) is 0 Å². The molecule has 2 unspecified atom stereocenters. The van der Waals surface area contributed by atoms with Crippen LogP contribution in [0.3, 0.4) is 0 Å². The Morgan fingerprint density at radius 3 is 2.76 bits per heavy atom. The van der Waals surface area contributed by atoms with Crippen LogP contribution in [0.5, 0.6) is 0 Å². The summed E-state index contributed by atoms with van der Waals surface area (Å²) in [5.41, 5.74) is 0.203. The van der Waals surface area contributed by atoms with Crippen LogP contribution in [0, 0.1) is 17.3 Å². The largest absolute Gasteiger partial charge is 0.356 e. The van der Waals surface area contributed by atoms with Crippen LogP contribution < -0.4 is 10.6 Å². The molecule has 0 aromatic carbocycles. The molecule has 0 aromatic heterocycles. The third kappa shape index (κ3) is 3.21. The van der Waals surface area contributed by atoms with Gasteiger partial charge in [-0.15, -0.1) is 0 Å². The predicted molar refractivity (Wildman–Crippen MR) is 69.7 cm³/mol. The van der Waals surface area contributed by atoms with Crippen molar-refractivity contribution in [1.29, 1.82) is 0 Å². The Morgan fingerprint density at radius 2 is 2.18 bits per heavy atom. The molecule has 98 valence electrons. The van der Waals surface area contributed by atoms with Gasteiger partial charge >= 0.3 is 0 Å². The maximum Gasteiger partial charge on any atom is 0.223 e. The maximum absolute atomic E-state index is 12.2. The quantitative estimate of drug-likeness (QED) is 0.789. The van der Waals surface area contributed by atoms with Crippen LogP contribution in [-0.2, 0) is 4.79 Å². The highest BCUT2D eigenvalue weighted by Crippen LogP contribution is 2.42. The molecule has 0 aromatic rings. The van der Waals surface area contributed by atoms with Gasteiger partial charge < -0.3 is 10.6 Å². The van der Waals surface area contributed by atoms with Gasteiger partial charge in [0.25, 0.3) is 0 Å². The molecule has 17 heavy (non-hydrogen) atoms. The average molecular weight is 238 g/mol. The SMILES string of the molecule is CC1(C)CCCC1C(=O)NCC1CCCNC1. The van der Waals surface area contributed by atoms with Crippen molar-refractivity contribution in [3.05, 3.63) is 0 Å². The van der Waals surface area contributed by atoms with Gasteiger partial charge in [0.1, 0.15) is 0 Å². The fraction of sp³-hybridized carbons (Fsp3) is 0.929. The van der Waals surface area contributed by atoms with Gasteiger partial charge in [0.05, 0.1) is 0 Å². The van der Waals surface area contributed by atoms with Crippen LogP contribution in [0.15, 0.2) is 0 Å². The fourth-order valence-electron chi connectivity index (χ4n) is 3.28. The number of carbonyl (C=O) groups excluding carboxylic acids is 1. The van der Waals surface area contributed by atoms with Crippen LogP contribution in [0.25, 0.3) is 0 Å². The van der Waals surface area contributed by atoms with Crippen LogP contribution in [-0.4, -0.2) is 25.5 Å². The van der Waals surface area contributed by atoms with Crippen molar-refractivity contribution in [3.8, 4) is 0 Å². The molecule has 1 heterocycles. The molecular weight excluding hydrogens is 212 g/mol. The monoisotopic (exact) mass is 238 g/mol. The van der Waals surface area contributed by atoms with E-state index in [9.17, 15) is 4.79 Å². The molecule has 1 aliphatic heterocycles. The second-order valence-electron chi connectivity index (χ2n) is 6.39. The smallest absolute Gasteiger partial charge is 0.223 e. The van der Waals surface area contributed by atoms with Crippen LogP contribution in [0.2, 0.25) is 0 Å². The van der Waals surface area contributed by atoms with Crippen LogP contribution in [0.4, 0.5) is 0 Å². The number of nitrogens with one attached hydrogen (secondary N) is 2. The lowest BCUT2D eigenvalue weighted by atomic mass is 9.81. The zero-order valence-electron chi connectivity index (χ0n) is 11.2. The van der Waals surface area contributed by atoms with Gasteiger partial charge in [0, 0.05) is 12.5 Å². The minimum atomic E-state index is 0.203. The first-order chi connectivity index (χ1) is 8.09. The summed E-state index contributed by atoms with van der Waals surface area (Å²) < 4.78 is 0. The summed E-state index contributed by atoms with van der Waals surface area (Å²) in [7, 11) is 0. The van der Waals surface area contributed by atoms with Gasteiger partial charge in [-0.2, -0.15) is 0 Å². The van der Waals surface area contributed by atoms with E-state index in [-0.39, 0.29) is 17.2 Å². The van der Waals surface area contributed by atoms with E-state index >= 15 is 0 Å². The highest BCUT2D eigenvalue weighted by Gasteiger charge is 2.39. The normalized spacial score (nSPS) is 32.4. The summed E-state index contributed by atoms with van der Waals surface area (Å²) in [4.78, 5) is 12.2. The summed E-state index contributed by atoms with van der Waals surface area (Å²) in [6, 6.07) is 0. The Morgan fingerprint density at radius 1 is 1.35 bits per heavy atom. The van der Waals surface area contributed by atoms with Crippen molar-refractivity contribution < 1.29 is 4.79 Å². The average Bonchev–Trinajstić information content (AvgIpc) is 2.67. The maximum atomic E-state index is 12.2. The van der Waals surface area contributed by atoms with Crippen molar-refractivity contribution in [2.24, 2.45) is 17.3 Å². The number of carbonyl (C=O) groups is 1. The van der Waals surface area contributed by atoms with E-state index in [0.29, 0.717) is 5.92 Å². The lowest BCUT2D eigenvalue weighted by Gasteiger charge is -2.28. The first kappa shape index (κ1) is 12.9. The van der Waals surface area contributed by atoms with Gasteiger partial charge in [-0.25, -0.2) is 0 Å². The Labute approximate surface area is 105 Å². The molecule has 2 N–H and O–H groups in total. The van der Waals surface area contributed by atoms with E-state index in [1.165, 1.54) is 25.7 Å². The van der Waals surface area contributed by atoms with E-state index in [2.05, 4.69) is 24.5 Å². The number of hydrogen-bond donors (Lipinski definition) is 2. The molecule has 0 spiro atoms. The van der Waals surface area contributed by atoms with E-state index in [4.69, 9.17) is 0 Å². The first-order valence-electron chi connectivity index (χ1n) is 7.08. The lowest BCUT2D eigenvalue weighted by Crippen LogP contribution is -2.42. The topological polar surface area (TPSA) is 41.1 Å². The molecule has 2 rings (SSSR count). The van der Waals surface area contributed by atoms with E-state index < -0.39 is 0 Å². The highest BCUT2D eigenvalue weighted by molar-refractivity contribution is 5.79. The van der Waals surface area contributed by atoms with Gasteiger partial charge in [-0.1, -0.05) is 20.3 Å². The number of piperidine rings is 1. The number of amides is 1. The number of rotatable bonds is 3. The van der Waals surface area contributed by atoms with E-state index in [0.717, 1.165) is 26.1 Å². The molecule has 1 saturated heterocycles. The molecule has 2 aliphatic rings. The van der Waals surface area contributed by atoms with Gasteiger partial charge in [-0.3, -0.25) is 4.79 Å². The molecule has 3 nitrogen and oxygen atoms in total. The van der Waals surface area contributed by atoms with Crippen molar-refractivity contribution in [2.75, 3.05) is 19.6 Å². The zero-order valence-corrected chi connectivity index (χ0v) is 11.2. The van der Waals surface area contributed by atoms with E-state index in [1.807, 2.05) is 0 Å². The predicted octanol–water partition coefficient (Wildman–Crippen LogP) is 1.93. The van der Waals surface area contributed by atoms with Crippen molar-refractivity contribution in [2.45, 2.75) is 46.0 Å². The molecule has 3 heteroatoms. The molecular formula is C14H26N2O. The molecule has 1 saturated carbocycles. The molecule has 1 amide bonds. The summed E-state index contributed by atoms with van der Waals surface area (Å²) in [6.45, 7) is 7.52. The zero-order chi connectivity index (χ0) is 12.3. The summed E-state index contributed by atoms with van der Waals surface area (Å²) in [5.74, 6) is 1.16. The standard InChI is InChI=1S/C14H26N2O/c1-14(2)7-3-6-12(14)13(17)16-10-11-5-4-8-15-9-11/h11-12,15H,3-10H2,1-2H3,(H,16,17). The van der Waals surface area contributed by atoms with Gasteiger partial charge in [0.15, 0.2) is 0 Å². The van der Waals surface area contributed by atoms with E-state index in [1.54, 1.807) is 0 Å². The van der Waals surface area contributed by atoms with Crippen molar-refractivity contribution >= 4 is 5.91 Å². The molecule has 2 fully saturated rings. The Kier molecular flexibility index (Phi) is 4.08. The van der Waals surface area contributed by atoms with Gasteiger partial charge in [-0.05, 0) is 50.1 Å². The van der Waals surface area contributed by atoms with Crippen LogP contribution in [0.1, 0.15) is 46.0 Å². The lowest BCUT2D eigenvalue weighted by molar-refractivity contribution is -0.127. The Bertz CT molecular complexity index is 269. The highest BCUT2D eigenvalue weighted by atomic mass is 16.1. The van der Waals surface area contributed by atoms with Crippen LogP contribution >= 0.6 is 0 Å². The minimum Gasteiger partial charge on any atom is -0.356 e. The Hall–Kier alpha value is -0.570. The second kappa shape index (κ2) is 5.38. The fourth-order valence-corrected chi connectivity index (χ4v) is 3.28. The summed E-state index contributed by atoms with van der Waals surface area (Å²) >= 11 is 0. The molecule has 2 atom stereocenters.